The number of aliphatic hydroxyl groups excluding tert-OH is 1. The summed E-state index contributed by atoms with van der Waals surface area (Å²) in [5.41, 5.74) is 3.79. The molecule has 16 heteroatoms. The maximum Gasteiger partial charge on any atom is 0.316 e. The van der Waals surface area contributed by atoms with Crippen LogP contribution in [0.5, 0.6) is 0 Å². The Balaban J connectivity index is 1.92. The average Bonchev–Trinajstić information content (AvgIpc) is 3.17. The fourth-order valence-corrected chi connectivity index (χ4v) is 8.57. The Labute approximate surface area is 341 Å². The number of carbonyl (C=O) groups is 4. The Morgan fingerprint density at radius 1 is 1.03 bits per heavy atom. The Kier molecular flexibility index (Phi) is 15.9. The number of hydrogen-bond donors (Lipinski definition) is 3. The van der Waals surface area contributed by atoms with E-state index in [1.165, 1.54) is 20.8 Å². The van der Waals surface area contributed by atoms with Crippen molar-refractivity contribution in [3.63, 3.8) is 0 Å². The maximum atomic E-state index is 14.5. The molecule has 2 bridgehead atoms. The standard InChI is InChI=1S/C42H64N4O12/c1-12-32-42(9,52)37-24(4)33(44-27(7)47)22(2)18-41(8,54-21-30(20-53-37)45-55-19-28-13-15-29(16-14-28)38(43)50)36(25(5)34(48)26(6)39(51)57-32)58-40-35(49)31(46(10)11)17-23(3)56-40/h13-16,22-26,31-32,35-37,40,49,52H,12,17-21H2,1-11H3,(H2,43,50)/b44-33?,45-30-/t22-,23-,24+,25+,26-,31+,32-,35-,36-,37-,40+,41+,42-/m1/s1. The molecule has 324 valence electrons. The van der Waals surface area contributed by atoms with Crippen molar-refractivity contribution in [2.75, 3.05) is 27.3 Å². The number of benzene rings is 1. The fraction of sp³-hybridized carbons (Fsp3) is 0.714. The van der Waals surface area contributed by atoms with Gasteiger partial charge in [0.2, 0.25) is 11.8 Å². The number of cyclic esters (lactones) is 1. The molecule has 4 N–H and O–H groups in total. The minimum atomic E-state index is -1.87. The van der Waals surface area contributed by atoms with E-state index in [0.29, 0.717) is 23.3 Å². The van der Waals surface area contributed by atoms with E-state index < -0.39 is 89.1 Å². The summed E-state index contributed by atoms with van der Waals surface area (Å²) in [5.74, 6) is -5.99. The molecule has 0 saturated carbocycles. The lowest BCUT2D eigenvalue weighted by molar-refractivity contribution is -0.296. The Hall–Kier alpha value is -3.64. The second-order valence-electron chi connectivity index (χ2n) is 16.9. The van der Waals surface area contributed by atoms with E-state index in [1.807, 2.05) is 32.8 Å². The zero-order valence-electron chi connectivity index (χ0n) is 35.8. The van der Waals surface area contributed by atoms with Gasteiger partial charge >= 0.3 is 5.97 Å². The molecule has 0 aromatic heterocycles. The van der Waals surface area contributed by atoms with Gasteiger partial charge in [0.15, 0.2) is 12.1 Å². The number of aliphatic imine (C=N–C) groups is 1. The summed E-state index contributed by atoms with van der Waals surface area (Å²) >= 11 is 0. The predicted molar refractivity (Wildman–Crippen MR) is 214 cm³/mol. The van der Waals surface area contributed by atoms with E-state index in [1.54, 1.807) is 52.0 Å². The number of fused-ring (bicyclic) bond motifs is 5. The van der Waals surface area contributed by atoms with Crippen LogP contribution in [0.4, 0.5) is 0 Å². The number of ether oxygens (including phenoxy) is 5. The van der Waals surface area contributed by atoms with Gasteiger partial charge in [0.05, 0.1) is 37.1 Å². The molecule has 16 nitrogen and oxygen atoms in total. The van der Waals surface area contributed by atoms with E-state index in [0.717, 1.165) is 0 Å². The first-order valence-electron chi connectivity index (χ1n) is 20.1. The number of aliphatic hydroxyl groups is 2. The lowest BCUT2D eigenvalue weighted by Gasteiger charge is -2.47. The van der Waals surface area contributed by atoms with Crippen LogP contribution in [0.15, 0.2) is 34.4 Å². The van der Waals surface area contributed by atoms with Crippen molar-refractivity contribution in [3.8, 4) is 0 Å². The first-order valence-corrected chi connectivity index (χ1v) is 20.1. The number of amides is 2. The summed E-state index contributed by atoms with van der Waals surface area (Å²) in [7, 11) is 3.71. The predicted octanol–water partition coefficient (Wildman–Crippen LogP) is 3.22. The smallest absolute Gasteiger partial charge is 0.316 e. The molecule has 0 radical (unpaired) electrons. The lowest BCUT2D eigenvalue weighted by Crippen LogP contribution is -2.60. The highest BCUT2D eigenvalue weighted by molar-refractivity contribution is 6.00. The number of carbonyl (C=O) groups excluding carboxylic acids is 4. The van der Waals surface area contributed by atoms with E-state index in [2.05, 4.69) is 10.1 Å². The Morgan fingerprint density at radius 3 is 2.28 bits per heavy atom. The highest BCUT2D eigenvalue weighted by atomic mass is 16.7. The third kappa shape index (κ3) is 10.9. The average molecular weight is 817 g/mol. The molecule has 0 spiro atoms. The largest absolute Gasteiger partial charge is 0.459 e. The van der Waals surface area contributed by atoms with Crippen molar-refractivity contribution < 1.29 is 57.9 Å². The van der Waals surface area contributed by atoms with Gasteiger partial charge in [0.25, 0.3) is 0 Å². The second-order valence-corrected chi connectivity index (χ2v) is 16.9. The van der Waals surface area contributed by atoms with Crippen LogP contribution in [0.1, 0.15) is 97.5 Å². The number of likely N-dealkylation sites (N-methyl/N-ethyl adjacent to an activating group) is 1. The number of nitrogens with zero attached hydrogens (tertiary/aromatic N) is 3. The van der Waals surface area contributed by atoms with E-state index >= 15 is 0 Å². The quantitative estimate of drug-likeness (QED) is 0.195. The molecule has 58 heavy (non-hydrogen) atoms. The van der Waals surface area contributed by atoms with Crippen LogP contribution in [0.2, 0.25) is 0 Å². The van der Waals surface area contributed by atoms with Gasteiger partial charge in [-0.25, -0.2) is 4.99 Å². The molecule has 3 fully saturated rings. The maximum absolute atomic E-state index is 14.5. The van der Waals surface area contributed by atoms with Gasteiger partial charge in [-0.15, -0.1) is 0 Å². The van der Waals surface area contributed by atoms with Crippen molar-refractivity contribution in [2.24, 2.45) is 39.6 Å². The monoisotopic (exact) mass is 816 g/mol. The van der Waals surface area contributed by atoms with Crippen LogP contribution in [0, 0.1) is 23.7 Å². The van der Waals surface area contributed by atoms with Gasteiger partial charge in [0.1, 0.15) is 36.0 Å². The summed E-state index contributed by atoms with van der Waals surface area (Å²) in [6.07, 6.45) is -5.26. The molecule has 3 aliphatic heterocycles. The van der Waals surface area contributed by atoms with Crippen molar-refractivity contribution in [1.29, 1.82) is 0 Å². The topological polar surface area (TPSA) is 218 Å². The highest BCUT2D eigenvalue weighted by Crippen LogP contribution is 2.40. The van der Waals surface area contributed by atoms with Crippen LogP contribution < -0.4 is 5.73 Å². The van der Waals surface area contributed by atoms with E-state index in [9.17, 15) is 29.4 Å². The number of rotatable bonds is 8. The molecule has 2 amide bonds. The molecular weight excluding hydrogens is 752 g/mol. The first kappa shape index (κ1) is 47.0. The fourth-order valence-electron chi connectivity index (χ4n) is 8.57. The van der Waals surface area contributed by atoms with Crippen molar-refractivity contribution in [2.45, 2.75) is 142 Å². The van der Waals surface area contributed by atoms with Crippen molar-refractivity contribution in [1.82, 2.24) is 4.90 Å². The van der Waals surface area contributed by atoms with Gasteiger partial charge in [-0.2, -0.15) is 0 Å². The Bertz CT molecular complexity index is 1680. The van der Waals surface area contributed by atoms with E-state index in [-0.39, 0.29) is 50.5 Å². The highest BCUT2D eigenvalue weighted by Gasteiger charge is 2.53. The minimum absolute atomic E-state index is 0.00889. The number of ketones is 1. The molecule has 1 aromatic carbocycles. The molecular formula is C42H64N4O12. The SMILES string of the molecule is CC[C@H]1OC(=O)[C@H](C)C(=O)[C@H](C)[C@@H](O[C@@H]2O[C@H](C)C[C@H](N(C)C)[C@H]2O)[C@]2(C)C[C@@H](C)C(=NC(C)=O)[C@H](C)[C@@H](OC/C(=N/OCc3ccc(C(N)=O)cc3)CO2)[C@]1(C)O. The summed E-state index contributed by atoms with van der Waals surface area (Å²) in [5, 5.41) is 28.4. The molecule has 3 heterocycles. The zero-order valence-corrected chi connectivity index (χ0v) is 35.8. The van der Waals surface area contributed by atoms with Gasteiger partial charge in [-0.1, -0.05) is 45.0 Å². The Morgan fingerprint density at radius 2 is 1.69 bits per heavy atom. The molecule has 3 aliphatic rings. The summed E-state index contributed by atoms with van der Waals surface area (Å²) in [6.45, 7) is 14.5. The third-order valence-corrected chi connectivity index (χ3v) is 11.8. The van der Waals surface area contributed by atoms with Crippen LogP contribution in [-0.4, -0.2) is 131 Å². The van der Waals surface area contributed by atoms with Crippen LogP contribution >= 0.6 is 0 Å². The second kappa shape index (κ2) is 19.6. The van der Waals surface area contributed by atoms with Gasteiger partial charge in [-0.05, 0) is 84.7 Å². The van der Waals surface area contributed by atoms with Crippen LogP contribution in [0.25, 0.3) is 0 Å². The minimum Gasteiger partial charge on any atom is -0.459 e. The number of hydrogen-bond acceptors (Lipinski definition) is 14. The van der Waals surface area contributed by atoms with E-state index in [4.69, 9.17) is 34.3 Å². The molecule has 1 aromatic rings. The number of esters is 1. The molecule has 13 atom stereocenters. The molecule has 4 rings (SSSR count). The summed E-state index contributed by atoms with van der Waals surface area (Å²) in [6, 6.07) is 6.20. The van der Waals surface area contributed by atoms with Gasteiger partial charge in [0, 0.05) is 36.1 Å². The van der Waals surface area contributed by atoms with Gasteiger partial charge in [-0.3, -0.25) is 19.2 Å². The van der Waals surface area contributed by atoms with Crippen molar-refractivity contribution in [3.05, 3.63) is 35.4 Å². The summed E-state index contributed by atoms with van der Waals surface area (Å²) in [4.78, 5) is 64.8. The molecule has 0 aliphatic carbocycles. The van der Waals surface area contributed by atoms with Gasteiger partial charge < -0.3 is 49.4 Å². The normalized spacial score (nSPS) is 38.4. The molecule has 0 unspecified atom stereocenters. The number of oxime groups is 1. The summed E-state index contributed by atoms with van der Waals surface area (Å²) < 4.78 is 32.3. The third-order valence-electron chi connectivity index (χ3n) is 11.8. The first-order chi connectivity index (χ1) is 27.1. The number of Topliss-reactive ketones (excluding diaryl/α,β-unsaturated/α-hetero) is 1. The zero-order chi connectivity index (χ0) is 43.3. The molecule has 3 saturated heterocycles. The lowest BCUT2D eigenvalue weighted by atomic mass is 9.73. The number of nitrogens with two attached hydrogens (primary N) is 1. The van der Waals surface area contributed by atoms with Crippen LogP contribution in [-0.2, 0) is 49.5 Å². The van der Waals surface area contributed by atoms with Crippen molar-refractivity contribution >= 4 is 35.0 Å². The van der Waals surface area contributed by atoms with Crippen LogP contribution in [0.3, 0.4) is 0 Å². The number of primary amides is 1.